The molecule has 1 aromatic carbocycles. The van der Waals surface area contributed by atoms with E-state index in [9.17, 15) is 10.1 Å². The molecule has 130 valence electrons. The summed E-state index contributed by atoms with van der Waals surface area (Å²) < 4.78 is 0. The Morgan fingerprint density at radius 2 is 1.96 bits per heavy atom. The molecule has 1 saturated carbocycles. The maximum absolute atomic E-state index is 12.6. The van der Waals surface area contributed by atoms with Gasteiger partial charge in [0.2, 0.25) is 5.91 Å². The third-order valence-corrected chi connectivity index (χ3v) is 5.24. The topological polar surface area (TPSA) is 56.1 Å². The van der Waals surface area contributed by atoms with Crippen molar-refractivity contribution in [1.82, 2.24) is 10.2 Å². The van der Waals surface area contributed by atoms with Crippen LogP contribution in [-0.4, -0.2) is 28.9 Å². The number of carbonyl (C=O) groups excluding carboxylic acids is 1. The monoisotopic (exact) mass is 327 g/mol. The van der Waals surface area contributed by atoms with Crippen LogP contribution in [0, 0.1) is 23.2 Å². The van der Waals surface area contributed by atoms with Crippen LogP contribution in [0.15, 0.2) is 30.3 Å². The van der Waals surface area contributed by atoms with Crippen LogP contribution >= 0.6 is 0 Å². The van der Waals surface area contributed by atoms with Gasteiger partial charge in [-0.05, 0) is 44.1 Å². The van der Waals surface area contributed by atoms with Gasteiger partial charge in [0.1, 0.15) is 5.54 Å². The molecular formula is C20H29N3O. The lowest BCUT2D eigenvalue weighted by Crippen LogP contribution is -2.52. The fourth-order valence-corrected chi connectivity index (χ4v) is 2.85. The van der Waals surface area contributed by atoms with E-state index in [2.05, 4.69) is 35.3 Å². The smallest absolute Gasteiger partial charge is 0.235 e. The summed E-state index contributed by atoms with van der Waals surface area (Å²) in [6, 6.07) is 12.9. The lowest BCUT2D eigenvalue weighted by molar-refractivity contribution is -0.124. The number of nitriles is 1. The van der Waals surface area contributed by atoms with E-state index >= 15 is 0 Å². The number of benzene rings is 1. The third-order valence-electron chi connectivity index (χ3n) is 5.24. The second-order valence-electron chi connectivity index (χ2n) is 7.49. The van der Waals surface area contributed by atoms with Crippen molar-refractivity contribution in [3.05, 3.63) is 35.9 Å². The molecule has 1 amide bonds. The van der Waals surface area contributed by atoms with E-state index in [0.717, 1.165) is 6.54 Å². The highest BCUT2D eigenvalue weighted by atomic mass is 16.2. The van der Waals surface area contributed by atoms with Crippen LogP contribution < -0.4 is 5.32 Å². The molecule has 1 N–H and O–H groups in total. The Morgan fingerprint density at radius 1 is 1.33 bits per heavy atom. The molecule has 2 unspecified atom stereocenters. The average Bonchev–Trinajstić information content (AvgIpc) is 3.39. The van der Waals surface area contributed by atoms with E-state index in [0.29, 0.717) is 18.5 Å². The summed E-state index contributed by atoms with van der Waals surface area (Å²) >= 11 is 0. The van der Waals surface area contributed by atoms with Gasteiger partial charge in [-0.25, -0.2) is 0 Å². The molecule has 0 bridgehead atoms. The number of rotatable bonds is 8. The maximum atomic E-state index is 12.6. The summed E-state index contributed by atoms with van der Waals surface area (Å²) in [6.45, 7) is 9.00. The predicted molar refractivity (Wildman–Crippen MR) is 96.0 cm³/mol. The largest absolute Gasteiger partial charge is 0.337 e. The number of carbonyl (C=O) groups is 1. The predicted octanol–water partition coefficient (Wildman–Crippen LogP) is 3.34. The summed E-state index contributed by atoms with van der Waals surface area (Å²) in [5.74, 6) is 0.681. The zero-order chi connectivity index (χ0) is 17.7. The molecule has 0 aromatic heterocycles. The molecule has 0 radical (unpaired) electrons. The van der Waals surface area contributed by atoms with Crippen molar-refractivity contribution in [2.75, 3.05) is 6.54 Å². The second kappa shape index (κ2) is 7.81. The molecule has 1 aliphatic carbocycles. The Hall–Kier alpha value is -1.86. The van der Waals surface area contributed by atoms with Gasteiger partial charge in [-0.2, -0.15) is 5.26 Å². The molecular weight excluding hydrogens is 298 g/mol. The number of nitrogens with one attached hydrogen (secondary N) is 1. The minimum atomic E-state index is -0.821. The highest BCUT2D eigenvalue weighted by Gasteiger charge is 2.34. The number of amides is 1. The van der Waals surface area contributed by atoms with Crippen molar-refractivity contribution in [1.29, 1.82) is 5.26 Å². The standard InChI is InChI=1S/C20H29N3O/c1-15(2)20(4,14-21)22-19(24)13-23(16(3)18-10-11-18)12-17-8-6-5-7-9-17/h5-9,15-16,18H,10-13H2,1-4H3,(H,22,24). The van der Waals surface area contributed by atoms with Gasteiger partial charge in [0.25, 0.3) is 0 Å². The van der Waals surface area contributed by atoms with E-state index in [-0.39, 0.29) is 11.8 Å². The molecule has 0 aliphatic heterocycles. The first-order valence-corrected chi connectivity index (χ1v) is 8.86. The molecule has 0 saturated heterocycles. The zero-order valence-corrected chi connectivity index (χ0v) is 15.2. The second-order valence-corrected chi connectivity index (χ2v) is 7.49. The Kier molecular flexibility index (Phi) is 6.01. The van der Waals surface area contributed by atoms with Crippen molar-refractivity contribution in [3.8, 4) is 6.07 Å². The maximum Gasteiger partial charge on any atom is 0.235 e. The van der Waals surface area contributed by atoms with E-state index in [4.69, 9.17) is 0 Å². The van der Waals surface area contributed by atoms with Crippen molar-refractivity contribution in [3.63, 3.8) is 0 Å². The molecule has 0 spiro atoms. The van der Waals surface area contributed by atoms with Gasteiger partial charge in [0.05, 0.1) is 12.6 Å². The molecule has 2 rings (SSSR count). The van der Waals surface area contributed by atoms with Crippen molar-refractivity contribution >= 4 is 5.91 Å². The fourth-order valence-electron chi connectivity index (χ4n) is 2.85. The van der Waals surface area contributed by atoms with Crippen LogP contribution in [0.2, 0.25) is 0 Å². The molecule has 0 heterocycles. The minimum absolute atomic E-state index is 0.0647. The van der Waals surface area contributed by atoms with Gasteiger partial charge >= 0.3 is 0 Å². The highest BCUT2D eigenvalue weighted by molar-refractivity contribution is 5.79. The van der Waals surface area contributed by atoms with Crippen LogP contribution in [-0.2, 0) is 11.3 Å². The first kappa shape index (κ1) is 18.5. The molecule has 24 heavy (non-hydrogen) atoms. The van der Waals surface area contributed by atoms with E-state index in [1.165, 1.54) is 18.4 Å². The van der Waals surface area contributed by atoms with Gasteiger partial charge < -0.3 is 5.32 Å². The lowest BCUT2D eigenvalue weighted by atomic mass is 9.90. The van der Waals surface area contributed by atoms with Crippen LogP contribution in [0.3, 0.4) is 0 Å². The van der Waals surface area contributed by atoms with Gasteiger partial charge in [0.15, 0.2) is 0 Å². The van der Waals surface area contributed by atoms with Gasteiger partial charge in [0, 0.05) is 12.6 Å². The Bertz CT molecular complexity index is 589. The van der Waals surface area contributed by atoms with Gasteiger partial charge in [-0.1, -0.05) is 44.2 Å². The zero-order valence-electron chi connectivity index (χ0n) is 15.2. The SMILES string of the molecule is CC(C1CC1)N(CC(=O)NC(C)(C#N)C(C)C)Cc1ccccc1. The average molecular weight is 327 g/mol. The molecule has 4 nitrogen and oxygen atoms in total. The molecule has 1 fully saturated rings. The first-order chi connectivity index (χ1) is 11.4. The Morgan fingerprint density at radius 3 is 2.46 bits per heavy atom. The van der Waals surface area contributed by atoms with E-state index in [1.54, 1.807) is 6.92 Å². The van der Waals surface area contributed by atoms with Crippen LogP contribution in [0.1, 0.15) is 46.1 Å². The molecule has 4 heteroatoms. The van der Waals surface area contributed by atoms with Crippen LogP contribution in [0.25, 0.3) is 0 Å². The van der Waals surface area contributed by atoms with Crippen molar-refractivity contribution < 1.29 is 4.79 Å². The lowest BCUT2D eigenvalue weighted by Gasteiger charge is -2.32. The Balaban J connectivity index is 2.04. The summed E-state index contributed by atoms with van der Waals surface area (Å²) in [4.78, 5) is 14.8. The quantitative estimate of drug-likeness (QED) is 0.796. The minimum Gasteiger partial charge on any atom is -0.337 e. The third kappa shape index (κ3) is 4.82. The molecule has 2 atom stereocenters. The van der Waals surface area contributed by atoms with Gasteiger partial charge in [-0.15, -0.1) is 0 Å². The summed E-state index contributed by atoms with van der Waals surface area (Å²) in [5.41, 5.74) is 0.392. The summed E-state index contributed by atoms with van der Waals surface area (Å²) in [7, 11) is 0. The number of hydrogen-bond acceptors (Lipinski definition) is 3. The fraction of sp³-hybridized carbons (Fsp3) is 0.600. The van der Waals surface area contributed by atoms with Crippen molar-refractivity contribution in [2.24, 2.45) is 11.8 Å². The number of hydrogen-bond donors (Lipinski definition) is 1. The number of nitrogens with zero attached hydrogens (tertiary/aromatic N) is 2. The first-order valence-electron chi connectivity index (χ1n) is 8.86. The summed E-state index contributed by atoms with van der Waals surface area (Å²) in [6.07, 6.45) is 2.49. The van der Waals surface area contributed by atoms with Crippen LogP contribution in [0.5, 0.6) is 0 Å². The van der Waals surface area contributed by atoms with E-state index < -0.39 is 5.54 Å². The van der Waals surface area contributed by atoms with Crippen LogP contribution in [0.4, 0.5) is 0 Å². The Labute approximate surface area is 145 Å². The van der Waals surface area contributed by atoms with Crippen molar-refractivity contribution in [2.45, 2.75) is 58.7 Å². The summed E-state index contributed by atoms with van der Waals surface area (Å²) in [5, 5.41) is 12.3. The van der Waals surface area contributed by atoms with Gasteiger partial charge in [-0.3, -0.25) is 9.69 Å². The highest BCUT2D eigenvalue weighted by Crippen LogP contribution is 2.35. The van der Waals surface area contributed by atoms with E-state index in [1.807, 2.05) is 32.0 Å². The molecule has 1 aromatic rings. The normalized spacial score (nSPS) is 18.0. The molecule has 1 aliphatic rings.